The van der Waals surface area contributed by atoms with Gasteiger partial charge in [-0.2, -0.15) is 0 Å². The van der Waals surface area contributed by atoms with Crippen LogP contribution in [0.2, 0.25) is 0 Å². The van der Waals surface area contributed by atoms with Crippen molar-refractivity contribution in [2.75, 3.05) is 33.7 Å². The summed E-state index contributed by atoms with van der Waals surface area (Å²) in [5, 5.41) is 0.0260. The predicted octanol–water partition coefficient (Wildman–Crippen LogP) is 0.323. The zero-order valence-electron chi connectivity index (χ0n) is 14.2. The third-order valence-corrected chi connectivity index (χ3v) is 4.28. The Labute approximate surface area is 145 Å². The van der Waals surface area contributed by atoms with Crippen molar-refractivity contribution in [2.24, 2.45) is 4.99 Å². The van der Waals surface area contributed by atoms with Crippen LogP contribution in [0.1, 0.15) is 13.8 Å². The summed E-state index contributed by atoms with van der Waals surface area (Å²) in [6.45, 7) is 8.37. The second-order valence-corrected chi connectivity index (χ2v) is 6.21. The number of likely N-dealkylation sites (N-methyl/N-ethyl adjacent to an activating group) is 3. The zero-order valence-corrected chi connectivity index (χ0v) is 15.0. The Balaban J connectivity index is 2.25. The van der Waals surface area contributed by atoms with Crippen LogP contribution in [0.5, 0.6) is 0 Å². The molecule has 4 amide bonds. The number of urea groups is 1. The third kappa shape index (κ3) is 3.06. The first-order valence-electron chi connectivity index (χ1n) is 7.54. The number of nitrogens with zero attached hydrogens (tertiary/aromatic N) is 5. The van der Waals surface area contributed by atoms with Crippen molar-refractivity contribution in [3.8, 4) is 0 Å². The van der Waals surface area contributed by atoms with Crippen molar-refractivity contribution in [1.29, 1.82) is 0 Å². The largest absolute Gasteiger partial charge is 0.394 e. The van der Waals surface area contributed by atoms with Gasteiger partial charge in [-0.15, -0.1) is 0 Å². The van der Waals surface area contributed by atoms with Crippen molar-refractivity contribution >= 4 is 40.6 Å². The molecule has 2 aliphatic heterocycles. The van der Waals surface area contributed by atoms with Crippen molar-refractivity contribution in [1.82, 2.24) is 14.7 Å². The Morgan fingerprint density at radius 2 is 2.00 bits per heavy atom. The molecule has 24 heavy (non-hydrogen) atoms. The Morgan fingerprint density at radius 3 is 2.54 bits per heavy atom. The smallest absolute Gasteiger partial charge is 0.336 e. The average Bonchev–Trinajstić information content (AvgIpc) is 2.85. The summed E-state index contributed by atoms with van der Waals surface area (Å²) in [7, 11) is 2.91. The third-order valence-electron chi connectivity index (χ3n) is 3.98. The molecule has 0 saturated carbocycles. The molecule has 1 fully saturated rings. The summed E-state index contributed by atoms with van der Waals surface area (Å²) in [5.74, 6) is -0.405. The molecule has 2 aliphatic rings. The lowest BCUT2D eigenvalue weighted by molar-refractivity contribution is -0.522. The summed E-state index contributed by atoms with van der Waals surface area (Å²) >= 11 is 6.13. The minimum atomic E-state index is -0.863. The first-order chi connectivity index (χ1) is 11.2. The number of halogens is 1. The van der Waals surface area contributed by atoms with Gasteiger partial charge in [0.05, 0.1) is 0 Å². The fraction of sp³-hybridized carbons (Fsp3) is 0.533. The Bertz CT molecular complexity index is 685. The molecule has 0 aromatic carbocycles. The Morgan fingerprint density at radius 1 is 1.38 bits per heavy atom. The van der Waals surface area contributed by atoms with E-state index >= 15 is 0 Å². The van der Waals surface area contributed by atoms with Crippen LogP contribution in [0.3, 0.4) is 0 Å². The highest BCUT2D eigenvalue weighted by molar-refractivity contribution is 6.65. The number of carbonyl (C=O) groups excluding carboxylic acids is 3. The van der Waals surface area contributed by atoms with Crippen molar-refractivity contribution in [3.05, 3.63) is 12.2 Å². The van der Waals surface area contributed by atoms with E-state index in [2.05, 4.69) is 11.6 Å². The highest BCUT2D eigenvalue weighted by Crippen LogP contribution is 2.20. The zero-order chi connectivity index (χ0) is 18.2. The summed E-state index contributed by atoms with van der Waals surface area (Å²) in [6, 6.07) is -1.34. The number of aliphatic imine (C=N–C) groups is 1. The number of fused-ring (bicyclic) bond motifs is 1. The van der Waals surface area contributed by atoms with Gasteiger partial charge < -0.3 is 4.90 Å². The monoisotopic (exact) mass is 354 g/mol. The van der Waals surface area contributed by atoms with Gasteiger partial charge in [0.25, 0.3) is 23.7 Å². The summed E-state index contributed by atoms with van der Waals surface area (Å²) in [4.78, 5) is 45.0. The van der Waals surface area contributed by atoms with Gasteiger partial charge >= 0.3 is 11.3 Å². The molecule has 0 bridgehead atoms. The minimum absolute atomic E-state index is 0.0260. The predicted molar refractivity (Wildman–Crippen MR) is 90.2 cm³/mol. The van der Waals surface area contributed by atoms with Gasteiger partial charge in [0.2, 0.25) is 0 Å². The van der Waals surface area contributed by atoms with Crippen LogP contribution in [0.4, 0.5) is 4.79 Å². The van der Waals surface area contributed by atoms with E-state index in [0.29, 0.717) is 13.1 Å². The molecule has 9 heteroatoms. The van der Waals surface area contributed by atoms with E-state index in [1.165, 1.54) is 23.6 Å². The summed E-state index contributed by atoms with van der Waals surface area (Å²) < 4.78 is 1.42. The number of rotatable bonds is 5. The van der Waals surface area contributed by atoms with Crippen LogP contribution in [-0.2, 0) is 9.59 Å². The van der Waals surface area contributed by atoms with E-state index in [1.54, 1.807) is 4.90 Å². The first-order valence-corrected chi connectivity index (χ1v) is 7.91. The SMILES string of the molecule is C=C(C)CN(CC)C(=O)C[N+]1=C(Cl)N=C2C1C(=O)N(C)C(=O)N2C. The second-order valence-electron chi connectivity index (χ2n) is 5.87. The summed E-state index contributed by atoms with van der Waals surface area (Å²) in [6.07, 6.45) is 0. The van der Waals surface area contributed by atoms with Gasteiger partial charge in [0, 0.05) is 38.8 Å². The number of amidine groups is 2. The van der Waals surface area contributed by atoms with E-state index in [-0.39, 0.29) is 23.6 Å². The van der Waals surface area contributed by atoms with Crippen molar-refractivity contribution in [2.45, 2.75) is 19.9 Å². The van der Waals surface area contributed by atoms with E-state index in [4.69, 9.17) is 11.6 Å². The maximum atomic E-state index is 12.5. The summed E-state index contributed by atoms with van der Waals surface area (Å²) in [5.41, 5.74) is 0.859. The highest BCUT2D eigenvalue weighted by Gasteiger charge is 2.53. The molecule has 2 rings (SSSR count). The molecule has 0 aromatic heterocycles. The molecule has 1 atom stereocenters. The topological polar surface area (TPSA) is 76.3 Å². The number of imide groups is 1. The average molecular weight is 355 g/mol. The van der Waals surface area contributed by atoms with Crippen LogP contribution in [0, 0.1) is 0 Å². The molecule has 8 nitrogen and oxygen atoms in total. The van der Waals surface area contributed by atoms with Gasteiger partial charge in [-0.1, -0.05) is 12.2 Å². The van der Waals surface area contributed by atoms with Crippen molar-refractivity contribution in [3.63, 3.8) is 0 Å². The standard InChI is InChI=1S/C15H21ClN5O3/c1-6-20(7-9(2)3)10(22)8-21-11-12(17-14(21)16)18(4)15(24)19(5)13(11)23/h11H,2,6-8H2,1,3-5H3/q+1. The van der Waals surface area contributed by atoms with Crippen LogP contribution < -0.4 is 0 Å². The van der Waals surface area contributed by atoms with Crippen LogP contribution in [0.15, 0.2) is 17.1 Å². The van der Waals surface area contributed by atoms with Crippen LogP contribution >= 0.6 is 11.6 Å². The quantitative estimate of drug-likeness (QED) is 0.405. The van der Waals surface area contributed by atoms with E-state index in [0.717, 1.165) is 10.5 Å². The number of hydrogen-bond donors (Lipinski definition) is 0. The molecule has 2 heterocycles. The molecule has 0 aliphatic carbocycles. The Kier molecular flexibility index (Phi) is 5.08. The highest BCUT2D eigenvalue weighted by atomic mass is 35.5. The molecule has 0 spiro atoms. The molecular weight excluding hydrogens is 334 g/mol. The Hall–Kier alpha value is -2.22. The van der Waals surface area contributed by atoms with Crippen molar-refractivity contribution < 1.29 is 19.0 Å². The first kappa shape index (κ1) is 18.1. The van der Waals surface area contributed by atoms with E-state index in [9.17, 15) is 14.4 Å². The lowest BCUT2D eigenvalue weighted by Gasteiger charge is -2.30. The number of carbonyl (C=O) groups is 3. The molecule has 1 saturated heterocycles. The number of amides is 4. The molecule has 0 aromatic rings. The minimum Gasteiger partial charge on any atom is -0.336 e. The fourth-order valence-electron chi connectivity index (χ4n) is 2.67. The normalized spacial score (nSPS) is 20.4. The van der Waals surface area contributed by atoms with Gasteiger partial charge in [-0.3, -0.25) is 19.4 Å². The van der Waals surface area contributed by atoms with E-state index < -0.39 is 18.0 Å². The van der Waals surface area contributed by atoms with Gasteiger partial charge in [-0.05, 0) is 18.8 Å². The lowest BCUT2D eigenvalue weighted by atomic mass is 10.1. The lowest BCUT2D eigenvalue weighted by Crippen LogP contribution is -2.62. The molecule has 0 N–H and O–H groups in total. The maximum absolute atomic E-state index is 12.5. The molecule has 130 valence electrons. The fourth-order valence-corrected chi connectivity index (χ4v) is 2.92. The van der Waals surface area contributed by atoms with Crippen LogP contribution in [0.25, 0.3) is 0 Å². The van der Waals surface area contributed by atoms with Gasteiger partial charge in [0.15, 0.2) is 6.54 Å². The van der Waals surface area contributed by atoms with Gasteiger partial charge in [0.1, 0.15) is 0 Å². The number of hydrogen-bond acceptors (Lipinski definition) is 4. The van der Waals surface area contributed by atoms with Gasteiger partial charge in [-0.25, -0.2) is 9.37 Å². The van der Waals surface area contributed by atoms with Crippen LogP contribution in [-0.4, -0.2) is 88.0 Å². The molecule has 1 unspecified atom stereocenters. The second kappa shape index (κ2) is 6.72. The molecular formula is C15H21ClN5O3+. The molecule has 0 radical (unpaired) electrons. The van der Waals surface area contributed by atoms with E-state index in [1.807, 2.05) is 13.8 Å². The maximum Gasteiger partial charge on any atom is 0.394 e.